The second-order valence-corrected chi connectivity index (χ2v) is 6.09. The van der Waals surface area contributed by atoms with Crippen molar-refractivity contribution in [3.8, 4) is 5.69 Å². The van der Waals surface area contributed by atoms with Crippen LogP contribution < -0.4 is 5.32 Å². The van der Waals surface area contributed by atoms with Gasteiger partial charge in [0.1, 0.15) is 6.33 Å². The van der Waals surface area contributed by atoms with E-state index in [2.05, 4.69) is 26.6 Å². The van der Waals surface area contributed by atoms with E-state index in [1.165, 1.54) is 5.39 Å². The molecule has 0 saturated heterocycles. The summed E-state index contributed by atoms with van der Waals surface area (Å²) in [5.74, 6) is 0.703. The van der Waals surface area contributed by atoms with E-state index in [0.717, 1.165) is 16.8 Å². The number of hydrogen-bond donors (Lipinski definition) is 2. The van der Waals surface area contributed by atoms with Crippen LogP contribution in [0.25, 0.3) is 16.6 Å². The Hall–Kier alpha value is -3.41. The fourth-order valence-corrected chi connectivity index (χ4v) is 3.04. The van der Waals surface area contributed by atoms with Crippen molar-refractivity contribution in [2.75, 3.05) is 0 Å². The average molecular weight is 345 g/mol. The van der Waals surface area contributed by atoms with E-state index in [4.69, 9.17) is 0 Å². The number of nitrogens with zero attached hydrogens (tertiary/aromatic N) is 3. The lowest BCUT2D eigenvalue weighted by molar-refractivity contribution is -0.121. The molecule has 2 N–H and O–H groups in total. The first-order chi connectivity index (χ1) is 12.8. The first kappa shape index (κ1) is 16.1. The minimum Gasteiger partial charge on any atom is -0.361 e. The first-order valence-corrected chi connectivity index (χ1v) is 8.57. The summed E-state index contributed by atoms with van der Waals surface area (Å²) in [7, 11) is 0. The molecule has 0 aliphatic rings. The number of aromatic amines is 1. The van der Waals surface area contributed by atoms with Crippen molar-refractivity contribution in [2.24, 2.45) is 0 Å². The summed E-state index contributed by atoms with van der Waals surface area (Å²) in [6.45, 7) is 0.349. The Kier molecular flexibility index (Phi) is 4.47. The van der Waals surface area contributed by atoms with Crippen LogP contribution in [-0.2, 0) is 17.8 Å². The number of amides is 1. The zero-order valence-electron chi connectivity index (χ0n) is 14.2. The Labute approximate surface area is 150 Å². The molecule has 2 heterocycles. The van der Waals surface area contributed by atoms with Crippen molar-refractivity contribution in [2.45, 2.75) is 19.4 Å². The highest BCUT2D eigenvalue weighted by molar-refractivity contribution is 5.84. The summed E-state index contributed by atoms with van der Waals surface area (Å²) in [5, 5.41) is 12.2. The smallest absolute Gasteiger partial charge is 0.220 e. The summed E-state index contributed by atoms with van der Waals surface area (Å²) < 4.78 is 1.87. The van der Waals surface area contributed by atoms with E-state index in [1.807, 2.05) is 59.3 Å². The van der Waals surface area contributed by atoms with E-state index in [9.17, 15) is 4.79 Å². The fourth-order valence-electron chi connectivity index (χ4n) is 3.04. The Morgan fingerprint density at radius 2 is 1.88 bits per heavy atom. The highest BCUT2D eigenvalue weighted by Gasteiger charge is 2.10. The van der Waals surface area contributed by atoms with Gasteiger partial charge in [-0.1, -0.05) is 36.4 Å². The standard InChI is InChI=1S/C20H19N5O/c26-20(11-10-15-12-21-18-9-5-4-8-17(15)18)22-13-19-24-23-14-25(19)16-6-2-1-3-7-16/h1-9,12,14,21H,10-11,13H2,(H,22,26). The second-order valence-electron chi connectivity index (χ2n) is 6.09. The number of H-pyrrole nitrogens is 1. The van der Waals surface area contributed by atoms with Gasteiger partial charge in [0, 0.05) is 29.2 Å². The molecule has 0 radical (unpaired) electrons. The van der Waals surface area contributed by atoms with E-state index in [1.54, 1.807) is 6.33 Å². The lowest BCUT2D eigenvalue weighted by atomic mass is 10.1. The average Bonchev–Trinajstić information content (AvgIpc) is 3.32. The van der Waals surface area contributed by atoms with Crippen LogP contribution in [0.1, 0.15) is 17.8 Å². The van der Waals surface area contributed by atoms with Crippen LogP contribution in [0.4, 0.5) is 0 Å². The van der Waals surface area contributed by atoms with Gasteiger partial charge >= 0.3 is 0 Å². The van der Waals surface area contributed by atoms with Crippen LogP contribution in [0.15, 0.2) is 67.1 Å². The van der Waals surface area contributed by atoms with Crippen molar-refractivity contribution < 1.29 is 4.79 Å². The van der Waals surface area contributed by atoms with E-state index in [0.29, 0.717) is 25.2 Å². The molecule has 4 rings (SSSR count). The van der Waals surface area contributed by atoms with Crippen molar-refractivity contribution in [3.63, 3.8) is 0 Å². The summed E-state index contributed by atoms with van der Waals surface area (Å²) >= 11 is 0. The van der Waals surface area contributed by atoms with Crippen molar-refractivity contribution in [1.29, 1.82) is 0 Å². The van der Waals surface area contributed by atoms with Gasteiger partial charge in [0.2, 0.25) is 5.91 Å². The molecule has 0 aliphatic heterocycles. The number of carbonyl (C=O) groups is 1. The van der Waals surface area contributed by atoms with E-state index >= 15 is 0 Å². The third-order valence-corrected chi connectivity index (χ3v) is 4.39. The maximum Gasteiger partial charge on any atom is 0.220 e. The zero-order chi connectivity index (χ0) is 17.8. The number of aryl methyl sites for hydroxylation is 1. The van der Waals surface area contributed by atoms with Gasteiger partial charge in [0.05, 0.1) is 6.54 Å². The number of rotatable bonds is 6. The molecule has 6 nitrogen and oxygen atoms in total. The second kappa shape index (κ2) is 7.23. The molecule has 0 fully saturated rings. The molecule has 0 atom stereocenters. The molecule has 0 aliphatic carbocycles. The number of hydrogen-bond acceptors (Lipinski definition) is 3. The van der Waals surface area contributed by atoms with Gasteiger partial charge in [-0.3, -0.25) is 9.36 Å². The maximum atomic E-state index is 12.2. The van der Waals surface area contributed by atoms with Crippen molar-refractivity contribution >= 4 is 16.8 Å². The lowest BCUT2D eigenvalue weighted by Gasteiger charge is -2.08. The Bertz CT molecular complexity index is 1020. The molecule has 0 spiro atoms. The minimum absolute atomic E-state index is 0.00195. The highest BCUT2D eigenvalue weighted by Crippen LogP contribution is 2.18. The quantitative estimate of drug-likeness (QED) is 0.564. The van der Waals surface area contributed by atoms with Crippen LogP contribution in [-0.4, -0.2) is 25.7 Å². The highest BCUT2D eigenvalue weighted by atomic mass is 16.1. The van der Waals surface area contributed by atoms with Gasteiger partial charge in [-0.2, -0.15) is 0 Å². The van der Waals surface area contributed by atoms with Gasteiger partial charge in [-0.15, -0.1) is 10.2 Å². The Balaban J connectivity index is 1.36. The predicted octanol–water partition coefficient (Wildman–Crippen LogP) is 3.00. The molecular formula is C20H19N5O. The van der Waals surface area contributed by atoms with Gasteiger partial charge in [0.25, 0.3) is 0 Å². The molecule has 4 aromatic rings. The van der Waals surface area contributed by atoms with Crippen LogP contribution in [0.3, 0.4) is 0 Å². The SMILES string of the molecule is O=C(CCc1c[nH]c2ccccc12)NCc1nncn1-c1ccccc1. The van der Waals surface area contributed by atoms with Gasteiger partial charge in [0.15, 0.2) is 5.82 Å². The largest absolute Gasteiger partial charge is 0.361 e. The Morgan fingerprint density at radius 3 is 2.77 bits per heavy atom. The van der Waals surface area contributed by atoms with Gasteiger partial charge in [-0.05, 0) is 30.2 Å². The summed E-state index contributed by atoms with van der Waals surface area (Å²) in [6.07, 6.45) is 4.76. The third kappa shape index (κ3) is 3.35. The summed E-state index contributed by atoms with van der Waals surface area (Å²) in [5.41, 5.74) is 3.22. The number of para-hydroxylation sites is 2. The zero-order valence-corrected chi connectivity index (χ0v) is 14.2. The number of fused-ring (bicyclic) bond motifs is 1. The number of nitrogens with one attached hydrogen (secondary N) is 2. The molecule has 0 bridgehead atoms. The van der Waals surface area contributed by atoms with Gasteiger partial charge < -0.3 is 10.3 Å². The lowest BCUT2D eigenvalue weighted by Crippen LogP contribution is -2.24. The van der Waals surface area contributed by atoms with Crippen molar-refractivity contribution in [1.82, 2.24) is 25.1 Å². The number of carbonyl (C=O) groups excluding carboxylic acids is 1. The normalized spacial score (nSPS) is 10.9. The van der Waals surface area contributed by atoms with E-state index in [-0.39, 0.29) is 5.91 Å². The van der Waals surface area contributed by atoms with Crippen LogP contribution >= 0.6 is 0 Å². The molecule has 2 aromatic heterocycles. The fraction of sp³-hybridized carbons (Fsp3) is 0.150. The maximum absolute atomic E-state index is 12.2. The minimum atomic E-state index is -0.00195. The predicted molar refractivity (Wildman–Crippen MR) is 99.8 cm³/mol. The third-order valence-electron chi connectivity index (χ3n) is 4.39. The van der Waals surface area contributed by atoms with Gasteiger partial charge in [-0.25, -0.2) is 0 Å². The van der Waals surface area contributed by atoms with E-state index < -0.39 is 0 Å². The molecule has 130 valence electrons. The summed E-state index contributed by atoms with van der Waals surface area (Å²) in [6, 6.07) is 17.9. The molecule has 2 aromatic carbocycles. The van der Waals surface area contributed by atoms with Crippen LogP contribution in [0.5, 0.6) is 0 Å². The molecule has 0 saturated carbocycles. The van der Waals surface area contributed by atoms with Crippen LogP contribution in [0, 0.1) is 0 Å². The van der Waals surface area contributed by atoms with Crippen LogP contribution in [0.2, 0.25) is 0 Å². The molecule has 1 amide bonds. The first-order valence-electron chi connectivity index (χ1n) is 8.57. The summed E-state index contributed by atoms with van der Waals surface area (Å²) in [4.78, 5) is 15.5. The number of benzene rings is 2. The van der Waals surface area contributed by atoms with Crippen molar-refractivity contribution in [3.05, 3.63) is 78.5 Å². The Morgan fingerprint density at radius 1 is 1.08 bits per heavy atom. The molecule has 26 heavy (non-hydrogen) atoms. The molecule has 6 heteroatoms. The monoisotopic (exact) mass is 345 g/mol. The topological polar surface area (TPSA) is 75.6 Å². The molecular weight excluding hydrogens is 326 g/mol. The molecule has 0 unspecified atom stereocenters. The number of aromatic nitrogens is 4.